The second-order valence-corrected chi connectivity index (χ2v) is 13.1. The molecule has 130 valence electrons. The Hall–Kier alpha value is -0.913. The molecular formula is C18H32N2O2Si. The van der Waals surface area contributed by atoms with Crippen LogP contribution in [-0.2, 0) is 9.16 Å². The van der Waals surface area contributed by atoms with Crippen LogP contribution < -0.4 is 5.73 Å². The predicted octanol–water partition coefficient (Wildman–Crippen LogP) is 4.54. The molecule has 4 atom stereocenters. The molecule has 0 spiro atoms. The van der Waals surface area contributed by atoms with Gasteiger partial charge in [0.1, 0.15) is 0 Å². The molecule has 0 aromatic carbocycles. The van der Waals surface area contributed by atoms with Gasteiger partial charge in [-0.3, -0.25) is 4.98 Å². The molecule has 1 fully saturated rings. The Morgan fingerprint density at radius 2 is 1.96 bits per heavy atom. The smallest absolute Gasteiger partial charge is 0.192 e. The average Bonchev–Trinajstić information content (AvgIpc) is 2.42. The minimum Gasteiger partial charge on any atom is -0.411 e. The Labute approximate surface area is 141 Å². The highest BCUT2D eigenvalue weighted by molar-refractivity contribution is 6.74. The first kappa shape index (κ1) is 18.4. The molecule has 1 aromatic rings. The maximum absolute atomic E-state index is 6.65. The third kappa shape index (κ3) is 3.95. The Morgan fingerprint density at radius 3 is 2.48 bits per heavy atom. The van der Waals surface area contributed by atoms with Crippen LogP contribution in [0.25, 0.3) is 0 Å². The van der Waals surface area contributed by atoms with Crippen molar-refractivity contribution in [1.82, 2.24) is 4.98 Å². The summed E-state index contributed by atoms with van der Waals surface area (Å²) in [4.78, 5) is 4.07. The fraction of sp³-hybridized carbons (Fsp3) is 0.722. The summed E-state index contributed by atoms with van der Waals surface area (Å²) >= 11 is 0. The van der Waals surface area contributed by atoms with Crippen molar-refractivity contribution in [2.24, 2.45) is 5.92 Å². The number of nitrogens with zero attached hydrogens (tertiary/aromatic N) is 1. The van der Waals surface area contributed by atoms with E-state index < -0.39 is 8.32 Å². The number of aromatic nitrogens is 1. The summed E-state index contributed by atoms with van der Waals surface area (Å²) in [5.41, 5.74) is 7.82. The molecule has 1 aliphatic heterocycles. The maximum Gasteiger partial charge on any atom is 0.192 e. The van der Waals surface area contributed by atoms with Gasteiger partial charge in [-0.2, -0.15) is 0 Å². The lowest BCUT2D eigenvalue weighted by Gasteiger charge is -2.46. The summed E-state index contributed by atoms with van der Waals surface area (Å²) < 4.78 is 12.9. The molecule has 0 unspecified atom stereocenters. The lowest BCUT2D eigenvalue weighted by molar-refractivity contribution is -0.129. The van der Waals surface area contributed by atoms with Crippen molar-refractivity contribution in [2.45, 2.75) is 77.5 Å². The first-order valence-electron chi connectivity index (χ1n) is 8.55. The lowest BCUT2D eigenvalue weighted by Crippen LogP contribution is -2.51. The lowest BCUT2D eigenvalue weighted by atomic mass is 9.88. The fourth-order valence-electron chi connectivity index (χ4n) is 2.97. The minimum atomic E-state index is -1.80. The zero-order chi connectivity index (χ0) is 17.4. The molecule has 2 N–H and O–H groups in total. The standard InChI is InChI=1S/C18H32N2O2Si/c1-12-10-16(14-8-9-20-11-15(14)19)21-13(2)17(12)22-23(6,7)18(3,4)5/h8-9,11-13,16-17H,10,19H2,1-7H3/t12-,13+,16+,17-/m0/s1. The van der Waals surface area contributed by atoms with Gasteiger partial charge >= 0.3 is 0 Å². The number of anilines is 1. The molecule has 2 rings (SSSR count). The van der Waals surface area contributed by atoms with E-state index >= 15 is 0 Å². The number of hydrogen-bond donors (Lipinski definition) is 1. The normalized spacial score (nSPS) is 29.5. The van der Waals surface area contributed by atoms with Crippen LogP contribution in [0, 0.1) is 5.92 Å². The van der Waals surface area contributed by atoms with Crippen LogP contribution in [0.4, 0.5) is 5.69 Å². The van der Waals surface area contributed by atoms with Crippen LogP contribution in [0.5, 0.6) is 0 Å². The Bertz CT molecular complexity index is 530. The molecular weight excluding hydrogens is 304 g/mol. The van der Waals surface area contributed by atoms with E-state index in [1.165, 1.54) is 0 Å². The van der Waals surface area contributed by atoms with Crippen molar-refractivity contribution in [3.63, 3.8) is 0 Å². The Morgan fingerprint density at radius 1 is 1.30 bits per heavy atom. The van der Waals surface area contributed by atoms with Crippen LogP contribution in [0.15, 0.2) is 18.5 Å². The summed E-state index contributed by atoms with van der Waals surface area (Å²) in [5, 5.41) is 0.207. The highest BCUT2D eigenvalue weighted by atomic mass is 28.4. The maximum atomic E-state index is 6.65. The Kier molecular flexibility index (Phi) is 5.23. The number of ether oxygens (including phenoxy) is 1. The molecule has 5 heteroatoms. The van der Waals surface area contributed by atoms with Gasteiger partial charge in [-0.15, -0.1) is 0 Å². The third-order valence-corrected chi connectivity index (χ3v) is 9.93. The van der Waals surface area contributed by atoms with E-state index in [0.717, 1.165) is 12.0 Å². The van der Waals surface area contributed by atoms with Gasteiger partial charge in [0.05, 0.1) is 30.2 Å². The van der Waals surface area contributed by atoms with Crippen molar-refractivity contribution in [2.75, 3.05) is 5.73 Å². The number of pyridine rings is 1. The van der Waals surface area contributed by atoms with Crippen LogP contribution in [0.1, 0.15) is 52.7 Å². The van der Waals surface area contributed by atoms with E-state index in [-0.39, 0.29) is 23.4 Å². The molecule has 0 bridgehead atoms. The summed E-state index contributed by atoms with van der Waals surface area (Å²) in [5.74, 6) is 0.436. The van der Waals surface area contributed by atoms with E-state index in [2.05, 4.69) is 52.7 Å². The van der Waals surface area contributed by atoms with E-state index in [1.807, 2.05) is 6.07 Å². The van der Waals surface area contributed by atoms with Crippen LogP contribution >= 0.6 is 0 Å². The van der Waals surface area contributed by atoms with Gasteiger partial charge in [0.15, 0.2) is 8.32 Å². The van der Waals surface area contributed by atoms with Gasteiger partial charge in [-0.25, -0.2) is 0 Å². The van der Waals surface area contributed by atoms with Crippen molar-refractivity contribution in [3.05, 3.63) is 24.0 Å². The van der Waals surface area contributed by atoms with E-state index in [0.29, 0.717) is 11.6 Å². The van der Waals surface area contributed by atoms with Crippen molar-refractivity contribution < 1.29 is 9.16 Å². The summed E-state index contributed by atoms with van der Waals surface area (Å²) in [6, 6.07) is 1.97. The first-order valence-corrected chi connectivity index (χ1v) is 11.5. The molecule has 4 nitrogen and oxygen atoms in total. The summed E-state index contributed by atoms with van der Waals surface area (Å²) in [7, 11) is -1.80. The molecule has 0 amide bonds. The van der Waals surface area contributed by atoms with E-state index in [9.17, 15) is 0 Å². The van der Waals surface area contributed by atoms with Crippen LogP contribution in [0.3, 0.4) is 0 Å². The second kappa shape index (κ2) is 6.53. The minimum absolute atomic E-state index is 0.0299. The zero-order valence-electron chi connectivity index (χ0n) is 15.6. The molecule has 23 heavy (non-hydrogen) atoms. The van der Waals surface area contributed by atoms with Crippen molar-refractivity contribution >= 4 is 14.0 Å². The van der Waals surface area contributed by atoms with Gasteiger partial charge in [0.2, 0.25) is 0 Å². The highest BCUT2D eigenvalue weighted by Crippen LogP contribution is 2.43. The number of rotatable bonds is 3. The quantitative estimate of drug-likeness (QED) is 0.823. The predicted molar refractivity (Wildman–Crippen MR) is 97.8 cm³/mol. The Balaban J connectivity index is 2.13. The van der Waals surface area contributed by atoms with Crippen LogP contribution in [0.2, 0.25) is 18.1 Å². The monoisotopic (exact) mass is 336 g/mol. The molecule has 1 aliphatic rings. The third-order valence-electron chi connectivity index (χ3n) is 5.46. The largest absolute Gasteiger partial charge is 0.411 e. The molecule has 1 aromatic heterocycles. The number of nitrogens with two attached hydrogens (primary N) is 1. The molecule has 0 saturated carbocycles. The van der Waals surface area contributed by atoms with Crippen LogP contribution in [-0.4, -0.2) is 25.5 Å². The SMILES string of the molecule is C[C@H]1C[C@H](c2ccncc2N)O[C@H](C)[C@H]1O[Si](C)(C)C(C)(C)C. The molecule has 1 saturated heterocycles. The van der Waals surface area contributed by atoms with Gasteiger partial charge in [-0.1, -0.05) is 27.7 Å². The topological polar surface area (TPSA) is 57.4 Å². The van der Waals surface area contributed by atoms with Gasteiger partial charge in [0, 0.05) is 11.8 Å². The second-order valence-electron chi connectivity index (χ2n) is 8.39. The summed E-state index contributed by atoms with van der Waals surface area (Å²) in [6.45, 7) is 15.8. The summed E-state index contributed by atoms with van der Waals surface area (Å²) in [6.07, 6.45) is 4.65. The van der Waals surface area contributed by atoms with Gasteiger partial charge in [0.25, 0.3) is 0 Å². The van der Waals surface area contributed by atoms with Crippen molar-refractivity contribution in [1.29, 1.82) is 0 Å². The number of hydrogen-bond acceptors (Lipinski definition) is 4. The van der Waals surface area contributed by atoms with Gasteiger partial charge in [-0.05, 0) is 43.5 Å². The van der Waals surface area contributed by atoms with Gasteiger partial charge < -0.3 is 14.9 Å². The van der Waals surface area contributed by atoms with Crippen molar-refractivity contribution in [3.8, 4) is 0 Å². The number of nitrogen functional groups attached to an aromatic ring is 1. The average molecular weight is 337 g/mol. The zero-order valence-corrected chi connectivity index (χ0v) is 16.6. The fourth-order valence-corrected chi connectivity index (χ4v) is 4.42. The molecule has 0 radical (unpaired) electrons. The van der Waals surface area contributed by atoms with E-state index in [4.69, 9.17) is 14.9 Å². The molecule has 2 heterocycles. The first-order chi connectivity index (χ1) is 10.5. The highest BCUT2D eigenvalue weighted by Gasteiger charge is 2.44. The van der Waals surface area contributed by atoms with E-state index in [1.54, 1.807) is 12.4 Å². The molecule has 0 aliphatic carbocycles.